The Bertz CT molecular complexity index is 429. The number of hydrogen-bond donors (Lipinski definition) is 0. The van der Waals surface area contributed by atoms with Gasteiger partial charge in [-0.2, -0.15) is 0 Å². The van der Waals surface area contributed by atoms with Crippen LogP contribution in [0, 0.1) is 0 Å². The minimum Gasteiger partial charge on any atom is -0.360 e. The molecular formula is C15H25N3O. The van der Waals surface area contributed by atoms with Crippen molar-refractivity contribution in [2.45, 2.75) is 57.7 Å². The maximum Gasteiger partial charge on any atom is 0.150 e. The summed E-state index contributed by atoms with van der Waals surface area (Å²) in [5, 5.41) is 4.16. The van der Waals surface area contributed by atoms with E-state index >= 15 is 0 Å². The number of rotatable bonds is 3. The summed E-state index contributed by atoms with van der Waals surface area (Å²) >= 11 is 0. The zero-order valence-electron chi connectivity index (χ0n) is 12.3. The minimum atomic E-state index is 0.448. The second kappa shape index (κ2) is 5.25. The Morgan fingerprint density at radius 1 is 1.32 bits per heavy atom. The molecule has 0 aromatic carbocycles. The maximum absolute atomic E-state index is 5.47. The molecule has 0 amide bonds. The van der Waals surface area contributed by atoms with Crippen molar-refractivity contribution in [1.82, 2.24) is 15.0 Å². The lowest BCUT2D eigenvalue weighted by Crippen LogP contribution is -2.36. The second-order valence-electron chi connectivity index (χ2n) is 6.45. The number of fused-ring (bicyclic) bond motifs is 2. The van der Waals surface area contributed by atoms with Gasteiger partial charge in [0, 0.05) is 31.2 Å². The molecule has 3 rings (SSSR count). The topological polar surface area (TPSA) is 32.5 Å². The molecule has 0 N–H and O–H groups in total. The van der Waals surface area contributed by atoms with Gasteiger partial charge in [0.1, 0.15) is 0 Å². The molecule has 0 saturated carbocycles. The summed E-state index contributed by atoms with van der Waals surface area (Å²) in [6.45, 7) is 7.58. The first-order valence-corrected chi connectivity index (χ1v) is 7.53. The summed E-state index contributed by atoms with van der Waals surface area (Å²) < 4.78 is 5.47. The third-order valence-corrected chi connectivity index (χ3v) is 4.78. The molecular weight excluding hydrogens is 238 g/mol. The Morgan fingerprint density at radius 3 is 2.84 bits per heavy atom. The fraction of sp³-hybridized carbons (Fsp3) is 0.800. The molecule has 4 nitrogen and oxygen atoms in total. The zero-order valence-corrected chi connectivity index (χ0v) is 12.3. The monoisotopic (exact) mass is 263 g/mol. The minimum absolute atomic E-state index is 0.448. The quantitative estimate of drug-likeness (QED) is 0.838. The summed E-state index contributed by atoms with van der Waals surface area (Å²) in [5.41, 5.74) is 1.07. The smallest absolute Gasteiger partial charge is 0.150 e. The first-order chi connectivity index (χ1) is 9.13. The van der Waals surface area contributed by atoms with Crippen molar-refractivity contribution in [3.63, 3.8) is 0 Å². The largest absolute Gasteiger partial charge is 0.360 e. The summed E-state index contributed by atoms with van der Waals surface area (Å²) in [6, 6.07) is 3.66. The van der Waals surface area contributed by atoms with E-state index in [0.717, 1.165) is 30.1 Å². The van der Waals surface area contributed by atoms with Crippen molar-refractivity contribution in [2.24, 2.45) is 0 Å². The first-order valence-electron chi connectivity index (χ1n) is 7.53. The van der Waals surface area contributed by atoms with Gasteiger partial charge in [-0.05, 0) is 32.2 Å². The van der Waals surface area contributed by atoms with Crippen LogP contribution >= 0.6 is 0 Å². The number of likely N-dealkylation sites (N-methyl/N-ethyl adjacent to an activating group) is 1. The Kier molecular flexibility index (Phi) is 3.63. The average Bonchev–Trinajstić information content (AvgIpc) is 2.89. The Morgan fingerprint density at radius 2 is 2.11 bits per heavy atom. The molecule has 1 aromatic heterocycles. The molecule has 2 saturated heterocycles. The van der Waals surface area contributed by atoms with E-state index in [9.17, 15) is 0 Å². The molecule has 2 aliphatic rings. The van der Waals surface area contributed by atoms with Crippen LogP contribution in [0.5, 0.6) is 0 Å². The Hall–Kier alpha value is -0.870. The zero-order chi connectivity index (χ0) is 13.4. The number of likely N-dealkylation sites (tertiary alicyclic amines) is 1. The van der Waals surface area contributed by atoms with Gasteiger partial charge in [-0.1, -0.05) is 19.0 Å². The lowest BCUT2D eigenvalue weighted by Gasteiger charge is -2.24. The molecule has 0 aliphatic carbocycles. The van der Waals surface area contributed by atoms with E-state index in [1.807, 2.05) is 0 Å². The predicted octanol–water partition coefficient (Wildman–Crippen LogP) is 2.47. The van der Waals surface area contributed by atoms with Crippen LogP contribution < -0.4 is 0 Å². The summed E-state index contributed by atoms with van der Waals surface area (Å²) in [5.74, 6) is 1.47. The second-order valence-corrected chi connectivity index (χ2v) is 6.45. The third kappa shape index (κ3) is 2.70. The molecule has 4 heteroatoms. The van der Waals surface area contributed by atoms with E-state index in [1.165, 1.54) is 32.4 Å². The molecule has 2 atom stereocenters. The first kappa shape index (κ1) is 13.1. The molecule has 3 heterocycles. The van der Waals surface area contributed by atoms with Crippen LogP contribution in [0.25, 0.3) is 0 Å². The van der Waals surface area contributed by atoms with Gasteiger partial charge in [-0.15, -0.1) is 0 Å². The molecule has 2 fully saturated rings. The van der Waals surface area contributed by atoms with E-state index in [0.29, 0.717) is 5.92 Å². The van der Waals surface area contributed by atoms with Crippen LogP contribution in [0.1, 0.15) is 50.5 Å². The highest BCUT2D eigenvalue weighted by Gasteiger charge is 2.34. The van der Waals surface area contributed by atoms with Gasteiger partial charge in [-0.3, -0.25) is 9.80 Å². The Balaban J connectivity index is 1.63. The van der Waals surface area contributed by atoms with Crippen molar-refractivity contribution in [2.75, 3.05) is 20.1 Å². The van der Waals surface area contributed by atoms with Crippen LogP contribution in [0.2, 0.25) is 0 Å². The lowest BCUT2D eigenvalue weighted by atomic mass is 10.1. The Labute approximate surface area is 115 Å². The molecule has 0 unspecified atom stereocenters. The number of nitrogens with zero attached hydrogens (tertiary/aromatic N) is 3. The van der Waals surface area contributed by atoms with Crippen molar-refractivity contribution in [3.8, 4) is 0 Å². The molecule has 0 spiro atoms. The van der Waals surface area contributed by atoms with Crippen LogP contribution in [-0.2, 0) is 6.54 Å². The fourth-order valence-electron chi connectivity index (χ4n) is 3.42. The SMILES string of the molecule is CC(C)c1cc(CN2CC[C@H]3CC[C@@H](C2)N3C)on1. The maximum atomic E-state index is 5.47. The van der Waals surface area contributed by atoms with E-state index in [4.69, 9.17) is 4.52 Å². The van der Waals surface area contributed by atoms with Crippen molar-refractivity contribution >= 4 is 0 Å². The fourth-order valence-corrected chi connectivity index (χ4v) is 3.42. The molecule has 2 aliphatic heterocycles. The molecule has 106 valence electrons. The van der Waals surface area contributed by atoms with E-state index in [1.54, 1.807) is 0 Å². The van der Waals surface area contributed by atoms with Crippen molar-refractivity contribution in [3.05, 3.63) is 17.5 Å². The normalized spacial score (nSPS) is 29.1. The molecule has 1 aromatic rings. The van der Waals surface area contributed by atoms with Gasteiger partial charge in [0.25, 0.3) is 0 Å². The van der Waals surface area contributed by atoms with Gasteiger partial charge < -0.3 is 4.52 Å². The van der Waals surface area contributed by atoms with Crippen LogP contribution in [0.15, 0.2) is 10.6 Å². The lowest BCUT2D eigenvalue weighted by molar-refractivity contribution is 0.198. The number of aromatic nitrogens is 1. The molecule has 19 heavy (non-hydrogen) atoms. The van der Waals surface area contributed by atoms with Crippen molar-refractivity contribution in [1.29, 1.82) is 0 Å². The van der Waals surface area contributed by atoms with Crippen LogP contribution in [0.3, 0.4) is 0 Å². The highest BCUT2D eigenvalue weighted by Crippen LogP contribution is 2.29. The van der Waals surface area contributed by atoms with Crippen LogP contribution in [0.4, 0.5) is 0 Å². The van der Waals surface area contributed by atoms with Gasteiger partial charge >= 0.3 is 0 Å². The highest BCUT2D eigenvalue weighted by atomic mass is 16.5. The van der Waals surface area contributed by atoms with Crippen LogP contribution in [-0.4, -0.2) is 47.2 Å². The van der Waals surface area contributed by atoms with Gasteiger partial charge in [-0.25, -0.2) is 0 Å². The molecule has 2 bridgehead atoms. The third-order valence-electron chi connectivity index (χ3n) is 4.78. The van der Waals surface area contributed by atoms with E-state index < -0.39 is 0 Å². The average molecular weight is 263 g/mol. The predicted molar refractivity (Wildman–Crippen MR) is 75.1 cm³/mol. The standard InChI is InChI=1S/C15H25N3O/c1-11(2)15-8-14(19-16-15)10-18-7-6-12-4-5-13(9-18)17(12)3/h8,11-13H,4-7,9-10H2,1-3H3/t12-,13+/m1/s1. The van der Waals surface area contributed by atoms with Gasteiger partial charge in [0.15, 0.2) is 5.76 Å². The van der Waals surface area contributed by atoms with Gasteiger partial charge in [0.2, 0.25) is 0 Å². The van der Waals surface area contributed by atoms with Gasteiger partial charge in [0.05, 0.1) is 12.2 Å². The van der Waals surface area contributed by atoms with E-state index in [2.05, 4.69) is 41.9 Å². The summed E-state index contributed by atoms with van der Waals surface area (Å²) in [6.07, 6.45) is 4.03. The van der Waals surface area contributed by atoms with E-state index in [-0.39, 0.29) is 0 Å². The highest BCUT2D eigenvalue weighted by molar-refractivity contribution is 5.09. The number of hydrogen-bond acceptors (Lipinski definition) is 4. The molecule has 0 radical (unpaired) electrons. The summed E-state index contributed by atoms with van der Waals surface area (Å²) in [7, 11) is 2.29. The summed E-state index contributed by atoms with van der Waals surface area (Å²) in [4.78, 5) is 5.12. The van der Waals surface area contributed by atoms with Crippen molar-refractivity contribution < 1.29 is 4.52 Å².